The highest BCUT2D eigenvalue weighted by molar-refractivity contribution is 6.01. The molecule has 1 N–H and O–H groups in total. The van der Waals surface area contributed by atoms with Crippen molar-refractivity contribution in [1.82, 2.24) is 9.78 Å². The first-order valence-electron chi connectivity index (χ1n) is 5.72. The first-order chi connectivity index (χ1) is 7.94. The summed E-state index contributed by atoms with van der Waals surface area (Å²) >= 11 is 0. The molecular formula is C12H16N2O3. The second-order valence-electron chi connectivity index (χ2n) is 5.12. The normalized spacial score (nSPS) is 18.2. The van der Waals surface area contributed by atoms with Crippen LogP contribution in [0.15, 0.2) is 12.4 Å². The van der Waals surface area contributed by atoms with E-state index in [4.69, 9.17) is 0 Å². The average molecular weight is 236 g/mol. The van der Waals surface area contributed by atoms with E-state index >= 15 is 0 Å². The standard InChI is InChI=1S/C12H16N2O3/c1-8(2)6-14-7-9(5-13-14)12(11(16)17)3-10(15)4-12/h5,7-8H,3-4,6H2,1-2H3,(H,16,17). The first kappa shape index (κ1) is 11.8. The van der Waals surface area contributed by atoms with Crippen molar-refractivity contribution >= 4 is 11.8 Å². The summed E-state index contributed by atoms with van der Waals surface area (Å²) in [6.07, 6.45) is 3.51. The number of nitrogens with zero attached hydrogens (tertiary/aromatic N) is 2. The van der Waals surface area contributed by atoms with Crippen LogP contribution in [0.1, 0.15) is 32.3 Å². The number of rotatable bonds is 4. The zero-order valence-corrected chi connectivity index (χ0v) is 10.0. The summed E-state index contributed by atoms with van der Waals surface area (Å²) < 4.78 is 1.74. The smallest absolute Gasteiger partial charge is 0.315 e. The maximum atomic E-state index is 11.3. The maximum absolute atomic E-state index is 11.3. The van der Waals surface area contributed by atoms with Gasteiger partial charge in [0.05, 0.1) is 6.20 Å². The van der Waals surface area contributed by atoms with Crippen molar-refractivity contribution in [3.8, 4) is 0 Å². The lowest BCUT2D eigenvalue weighted by Crippen LogP contribution is -2.48. The molecule has 0 unspecified atom stereocenters. The number of hydrogen-bond acceptors (Lipinski definition) is 3. The van der Waals surface area contributed by atoms with Gasteiger partial charge in [-0.05, 0) is 5.92 Å². The molecule has 1 aromatic heterocycles. The van der Waals surface area contributed by atoms with Crippen LogP contribution >= 0.6 is 0 Å². The van der Waals surface area contributed by atoms with Gasteiger partial charge in [0.15, 0.2) is 0 Å². The van der Waals surface area contributed by atoms with Gasteiger partial charge in [0.1, 0.15) is 11.2 Å². The topological polar surface area (TPSA) is 72.2 Å². The van der Waals surface area contributed by atoms with Crippen molar-refractivity contribution in [3.63, 3.8) is 0 Å². The zero-order valence-electron chi connectivity index (χ0n) is 10.0. The molecule has 1 aliphatic carbocycles. The fourth-order valence-electron chi connectivity index (χ4n) is 2.18. The monoisotopic (exact) mass is 236 g/mol. The second-order valence-corrected chi connectivity index (χ2v) is 5.12. The fraction of sp³-hybridized carbons (Fsp3) is 0.583. The Hall–Kier alpha value is -1.65. The molecule has 1 heterocycles. The Kier molecular flexibility index (Phi) is 2.77. The van der Waals surface area contributed by atoms with Gasteiger partial charge in [-0.2, -0.15) is 5.10 Å². The van der Waals surface area contributed by atoms with Crippen molar-refractivity contribution in [1.29, 1.82) is 0 Å². The predicted octanol–water partition coefficient (Wildman–Crippen LogP) is 1.22. The molecule has 5 nitrogen and oxygen atoms in total. The Labute approximate surface area is 99.4 Å². The Balaban J connectivity index is 2.24. The van der Waals surface area contributed by atoms with E-state index in [-0.39, 0.29) is 18.6 Å². The maximum Gasteiger partial charge on any atom is 0.315 e. The van der Waals surface area contributed by atoms with Gasteiger partial charge in [-0.1, -0.05) is 13.8 Å². The van der Waals surface area contributed by atoms with Gasteiger partial charge in [0.25, 0.3) is 0 Å². The Morgan fingerprint density at radius 2 is 2.24 bits per heavy atom. The van der Waals surface area contributed by atoms with E-state index in [0.717, 1.165) is 6.54 Å². The molecule has 0 bridgehead atoms. The molecule has 92 valence electrons. The quantitative estimate of drug-likeness (QED) is 0.853. The molecule has 0 spiro atoms. The summed E-state index contributed by atoms with van der Waals surface area (Å²) in [5.41, 5.74) is -0.378. The highest BCUT2D eigenvalue weighted by Gasteiger charge is 2.52. The number of carbonyl (C=O) groups excluding carboxylic acids is 1. The van der Waals surface area contributed by atoms with E-state index < -0.39 is 11.4 Å². The van der Waals surface area contributed by atoms with Crippen LogP contribution in [0.3, 0.4) is 0 Å². The molecule has 0 amide bonds. The lowest BCUT2D eigenvalue weighted by molar-refractivity contribution is -0.153. The minimum atomic E-state index is -1.02. The molecule has 0 saturated heterocycles. The molecule has 1 fully saturated rings. The summed E-state index contributed by atoms with van der Waals surface area (Å²) in [4.78, 5) is 22.4. The molecule has 0 radical (unpaired) electrons. The van der Waals surface area contributed by atoms with E-state index in [1.807, 2.05) is 0 Å². The minimum Gasteiger partial charge on any atom is -0.481 e. The molecule has 0 atom stereocenters. The third-order valence-electron chi connectivity index (χ3n) is 3.15. The number of carboxylic acid groups (broad SMARTS) is 1. The van der Waals surface area contributed by atoms with Gasteiger partial charge in [0, 0.05) is 31.1 Å². The van der Waals surface area contributed by atoms with Crippen LogP contribution in [0.4, 0.5) is 0 Å². The number of aliphatic carboxylic acids is 1. The van der Waals surface area contributed by atoms with E-state index in [9.17, 15) is 14.7 Å². The number of Topliss-reactive ketones (excluding diaryl/α,β-unsaturated/α-hetero) is 1. The van der Waals surface area contributed by atoms with Crippen LogP contribution in [0, 0.1) is 5.92 Å². The molecule has 0 aromatic carbocycles. The number of aromatic nitrogens is 2. The minimum absolute atomic E-state index is 0.00371. The van der Waals surface area contributed by atoms with Crippen LogP contribution < -0.4 is 0 Å². The van der Waals surface area contributed by atoms with Crippen LogP contribution in [0.25, 0.3) is 0 Å². The van der Waals surface area contributed by atoms with Crippen molar-refractivity contribution in [2.45, 2.75) is 38.6 Å². The molecule has 5 heteroatoms. The third-order valence-corrected chi connectivity index (χ3v) is 3.15. The van der Waals surface area contributed by atoms with Crippen molar-refractivity contribution < 1.29 is 14.7 Å². The zero-order chi connectivity index (χ0) is 12.6. The predicted molar refractivity (Wildman–Crippen MR) is 60.6 cm³/mol. The Morgan fingerprint density at radius 1 is 1.59 bits per heavy atom. The molecular weight excluding hydrogens is 220 g/mol. The van der Waals surface area contributed by atoms with Crippen molar-refractivity contribution in [2.24, 2.45) is 5.92 Å². The number of ketones is 1. The average Bonchev–Trinajstić information content (AvgIpc) is 2.59. The van der Waals surface area contributed by atoms with Gasteiger partial charge in [-0.25, -0.2) is 0 Å². The summed E-state index contributed by atoms with van der Waals surface area (Å²) in [6, 6.07) is 0. The van der Waals surface area contributed by atoms with Crippen LogP contribution in [0.5, 0.6) is 0 Å². The summed E-state index contributed by atoms with van der Waals surface area (Å²) in [5, 5.41) is 13.4. The molecule has 2 rings (SSSR count). The second kappa shape index (κ2) is 3.98. The van der Waals surface area contributed by atoms with Crippen LogP contribution in [-0.4, -0.2) is 26.6 Å². The summed E-state index contributed by atoms with van der Waals surface area (Å²) in [6.45, 7) is 4.89. The van der Waals surface area contributed by atoms with Crippen LogP contribution in [0.2, 0.25) is 0 Å². The first-order valence-corrected chi connectivity index (χ1v) is 5.72. The molecule has 17 heavy (non-hydrogen) atoms. The highest BCUT2D eigenvalue weighted by Crippen LogP contribution is 2.41. The largest absolute Gasteiger partial charge is 0.481 e. The summed E-state index contributed by atoms with van der Waals surface area (Å²) in [5.74, 6) is -0.475. The molecule has 1 aliphatic rings. The van der Waals surface area contributed by atoms with E-state index in [0.29, 0.717) is 11.5 Å². The van der Waals surface area contributed by atoms with E-state index in [1.54, 1.807) is 17.1 Å². The Morgan fingerprint density at radius 3 is 2.71 bits per heavy atom. The third kappa shape index (κ3) is 1.97. The van der Waals surface area contributed by atoms with Gasteiger partial charge in [-0.15, -0.1) is 0 Å². The highest BCUT2D eigenvalue weighted by atomic mass is 16.4. The SMILES string of the molecule is CC(C)Cn1cc(C2(C(=O)O)CC(=O)C2)cn1. The van der Waals surface area contributed by atoms with Crippen LogP contribution in [-0.2, 0) is 21.5 Å². The number of hydrogen-bond donors (Lipinski definition) is 1. The number of carbonyl (C=O) groups is 2. The van der Waals surface area contributed by atoms with Gasteiger partial charge < -0.3 is 5.11 Å². The number of carboxylic acids is 1. The lowest BCUT2D eigenvalue weighted by Gasteiger charge is -2.35. The van der Waals surface area contributed by atoms with Gasteiger partial charge in [-0.3, -0.25) is 14.3 Å². The van der Waals surface area contributed by atoms with Gasteiger partial charge >= 0.3 is 5.97 Å². The fourth-order valence-corrected chi connectivity index (χ4v) is 2.18. The summed E-state index contributed by atoms with van der Waals surface area (Å²) in [7, 11) is 0. The molecule has 1 aromatic rings. The Bertz CT molecular complexity index is 454. The molecule has 1 saturated carbocycles. The van der Waals surface area contributed by atoms with Crippen molar-refractivity contribution in [3.05, 3.63) is 18.0 Å². The van der Waals surface area contributed by atoms with Crippen molar-refractivity contribution in [2.75, 3.05) is 0 Å². The molecule has 0 aliphatic heterocycles. The van der Waals surface area contributed by atoms with Gasteiger partial charge in [0.2, 0.25) is 0 Å². The lowest BCUT2D eigenvalue weighted by atomic mass is 9.64. The van der Waals surface area contributed by atoms with E-state index in [2.05, 4.69) is 18.9 Å². The van der Waals surface area contributed by atoms with E-state index in [1.165, 1.54) is 0 Å².